The van der Waals surface area contributed by atoms with Crippen LogP contribution < -0.4 is 10.6 Å². The zero-order chi connectivity index (χ0) is 12.7. The average molecular weight is 238 g/mol. The largest absolute Gasteiger partial charge is 0.481 e. The molecule has 5 nitrogen and oxygen atoms in total. The van der Waals surface area contributed by atoms with Gasteiger partial charge in [-0.3, -0.25) is 4.79 Å². The Balaban J connectivity index is 4.08. The minimum Gasteiger partial charge on any atom is -0.481 e. The van der Waals surface area contributed by atoms with E-state index in [2.05, 4.69) is 5.32 Å². The molecule has 0 saturated heterocycles. The number of carbonyl (C=O) groups is 2. The summed E-state index contributed by atoms with van der Waals surface area (Å²) in [5.41, 5.74) is 0. The molecule has 0 heterocycles. The van der Waals surface area contributed by atoms with Crippen molar-refractivity contribution in [3.05, 3.63) is 0 Å². The number of halogens is 2. The number of alkyl halides is 2. The Morgan fingerprint density at radius 3 is 2.25 bits per heavy atom. The molecule has 16 heavy (non-hydrogen) atoms. The molecule has 0 aliphatic rings. The lowest BCUT2D eigenvalue weighted by molar-refractivity contribution is -0.137. The van der Waals surface area contributed by atoms with Gasteiger partial charge < -0.3 is 15.7 Å². The Bertz CT molecular complexity index is 247. The van der Waals surface area contributed by atoms with Gasteiger partial charge in [0.05, 0.1) is 13.0 Å². The molecular weight excluding hydrogens is 222 g/mol. The Morgan fingerprint density at radius 1 is 1.31 bits per heavy atom. The SMILES string of the molecule is CC(C)C(CC(=O)O)NC(=O)NCC(F)F. The second kappa shape index (κ2) is 6.97. The molecular formula is C9H16F2N2O3. The Hall–Kier alpha value is -1.40. The van der Waals surface area contributed by atoms with E-state index < -0.39 is 31.0 Å². The maximum Gasteiger partial charge on any atom is 0.315 e. The fraction of sp³-hybridized carbons (Fsp3) is 0.778. The van der Waals surface area contributed by atoms with Crippen LogP contribution in [-0.4, -0.2) is 36.1 Å². The highest BCUT2D eigenvalue weighted by atomic mass is 19.3. The van der Waals surface area contributed by atoms with Crippen molar-refractivity contribution < 1.29 is 23.5 Å². The summed E-state index contributed by atoms with van der Waals surface area (Å²) in [4.78, 5) is 21.6. The lowest BCUT2D eigenvalue weighted by Gasteiger charge is -2.20. The lowest BCUT2D eigenvalue weighted by atomic mass is 10.0. The molecule has 0 saturated carbocycles. The highest BCUT2D eigenvalue weighted by Crippen LogP contribution is 2.05. The van der Waals surface area contributed by atoms with Gasteiger partial charge in [-0.1, -0.05) is 13.8 Å². The van der Waals surface area contributed by atoms with Gasteiger partial charge in [0.1, 0.15) is 0 Å². The van der Waals surface area contributed by atoms with Crippen LogP contribution in [0, 0.1) is 5.92 Å². The van der Waals surface area contributed by atoms with Crippen LogP contribution in [0.5, 0.6) is 0 Å². The van der Waals surface area contributed by atoms with Crippen LogP contribution in [0.15, 0.2) is 0 Å². The first-order valence-electron chi connectivity index (χ1n) is 4.87. The maximum atomic E-state index is 11.8. The smallest absolute Gasteiger partial charge is 0.315 e. The molecule has 0 aliphatic heterocycles. The topological polar surface area (TPSA) is 78.4 Å². The van der Waals surface area contributed by atoms with Gasteiger partial charge in [0.25, 0.3) is 6.43 Å². The first-order chi connectivity index (χ1) is 7.32. The number of carboxylic acids is 1. The van der Waals surface area contributed by atoms with Crippen LogP contribution in [0.1, 0.15) is 20.3 Å². The third-order valence-corrected chi connectivity index (χ3v) is 1.93. The van der Waals surface area contributed by atoms with Crippen molar-refractivity contribution in [2.75, 3.05) is 6.54 Å². The van der Waals surface area contributed by atoms with E-state index in [1.807, 2.05) is 5.32 Å². The van der Waals surface area contributed by atoms with Gasteiger partial charge in [-0.25, -0.2) is 13.6 Å². The molecule has 0 radical (unpaired) electrons. The molecule has 0 spiro atoms. The van der Waals surface area contributed by atoms with E-state index in [1.54, 1.807) is 13.8 Å². The number of hydrogen-bond donors (Lipinski definition) is 3. The van der Waals surface area contributed by atoms with Crippen molar-refractivity contribution in [1.29, 1.82) is 0 Å². The predicted octanol–water partition coefficient (Wildman–Crippen LogP) is 1.05. The van der Waals surface area contributed by atoms with Crippen molar-refractivity contribution >= 4 is 12.0 Å². The van der Waals surface area contributed by atoms with E-state index in [4.69, 9.17) is 5.11 Å². The second-order valence-electron chi connectivity index (χ2n) is 3.69. The van der Waals surface area contributed by atoms with Crippen LogP contribution >= 0.6 is 0 Å². The minimum absolute atomic E-state index is 0.0894. The number of nitrogens with one attached hydrogen (secondary N) is 2. The summed E-state index contributed by atoms with van der Waals surface area (Å²) in [6.45, 7) is 2.73. The fourth-order valence-corrected chi connectivity index (χ4v) is 1.03. The number of carboxylic acid groups (broad SMARTS) is 1. The van der Waals surface area contributed by atoms with E-state index in [9.17, 15) is 18.4 Å². The van der Waals surface area contributed by atoms with Crippen molar-refractivity contribution in [3.63, 3.8) is 0 Å². The van der Waals surface area contributed by atoms with Gasteiger partial charge in [0.2, 0.25) is 0 Å². The van der Waals surface area contributed by atoms with E-state index >= 15 is 0 Å². The zero-order valence-electron chi connectivity index (χ0n) is 9.17. The second-order valence-corrected chi connectivity index (χ2v) is 3.69. The lowest BCUT2D eigenvalue weighted by Crippen LogP contribution is -2.46. The number of hydrogen-bond acceptors (Lipinski definition) is 2. The van der Waals surface area contributed by atoms with Crippen LogP contribution in [0.3, 0.4) is 0 Å². The number of aliphatic carboxylic acids is 1. The summed E-state index contributed by atoms with van der Waals surface area (Å²) < 4.78 is 23.5. The summed E-state index contributed by atoms with van der Waals surface area (Å²) in [6.07, 6.45) is -2.86. The molecule has 1 atom stereocenters. The van der Waals surface area contributed by atoms with Crippen LogP contribution in [0.4, 0.5) is 13.6 Å². The van der Waals surface area contributed by atoms with E-state index in [-0.39, 0.29) is 12.3 Å². The van der Waals surface area contributed by atoms with Crippen molar-refractivity contribution in [2.24, 2.45) is 5.92 Å². The molecule has 0 bridgehead atoms. The molecule has 0 aromatic carbocycles. The number of amides is 2. The summed E-state index contributed by atoms with van der Waals surface area (Å²) in [6, 6.07) is -1.35. The monoisotopic (exact) mass is 238 g/mol. The third-order valence-electron chi connectivity index (χ3n) is 1.93. The highest BCUT2D eigenvalue weighted by molar-refractivity contribution is 5.75. The standard InChI is InChI=1S/C9H16F2N2O3/c1-5(2)6(3-8(14)15)13-9(16)12-4-7(10)11/h5-7H,3-4H2,1-2H3,(H,14,15)(H2,12,13,16). The van der Waals surface area contributed by atoms with Crippen molar-refractivity contribution in [1.82, 2.24) is 10.6 Å². The maximum absolute atomic E-state index is 11.8. The van der Waals surface area contributed by atoms with E-state index in [0.29, 0.717) is 0 Å². The first-order valence-corrected chi connectivity index (χ1v) is 4.87. The Labute approximate surface area is 92.2 Å². The molecule has 0 rings (SSSR count). The number of rotatable bonds is 6. The molecule has 7 heteroatoms. The van der Waals surface area contributed by atoms with E-state index in [0.717, 1.165) is 0 Å². The highest BCUT2D eigenvalue weighted by Gasteiger charge is 2.19. The van der Waals surface area contributed by atoms with Gasteiger partial charge in [-0.2, -0.15) is 0 Å². The van der Waals surface area contributed by atoms with Gasteiger partial charge in [0.15, 0.2) is 0 Å². The van der Waals surface area contributed by atoms with Gasteiger partial charge in [-0.15, -0.1) is 0 Å². The van der Waals surface area contributed by atoms with Crippen LogP contribution in [0.25, 0.3) is 0 Å². The molecule has 2 amide bonds. The van der Waals surface area contributed by atoms with E-state index in [1.165, 1.54) is 0 Å². The fourth-order valence-electron chi connectivity index (χ4n) is 1.03. The number of urea groups is 1. The molecule has 0 aromatic heterocycles. The normalized spacial score (nSPS) is 12.6. The molecule has 1 unspecified atom stereocenters. The summed E-state index contributed by atoms with van der Waals surface area (Å²) >= 11 is 0. The van der Waals surface area contributed by atoms with Crippen molar-refractivity contribution in [2.45, 2.75) is 32.7 Å². The number of carbonyl (C=O) groups excluding carboxylic acids is 1. The quantitative estimate of drug-likeness (QED) is 0.647. The first kappa shape index (κ1) is 14.6. The van der Waals surface area contributed by atoms with Crippen molar-refractivity contribution in [3.8, 4) is 0 Å². The van der Waals surface area contributed by atoms with Gasteiger partial charge in [0, 0.05) is 6.04 Å². The minimum atomic E-state index is -2.62. The Kier molecular flexibility index (Phi) is 6.36. The molecule has 0 fully saturated rings. The van der Waals surface area contributed by atoms with Gasteiger partial charge in [-0.05, 0) is 5.92 Å². The molecule has 0 aliphatic carbocycles. The predicted molar refractivity (Wildman–Crippen MR) is 53.4 cm³/mol. The average Bonchev–Trinajstić information content (AvgIpc) is 2.12. The van der Waals surface area contributed by atoms with Crippen LogP contribution in [-0.2, 0) is 4.79 Å². The molecule has 94 valence electrons. The summed E-state index contributed by atoms with van der Waals surface area (Å²) in [7, 11) is 0. The van der Waals surface area contributed by atoms with Crippen LogP contribution in [0.2, 0.25) is 0 Å². The Morgan fingerprint density at radius 2 is 1.88 bits per heavy atom. The third kappa shape index (κ3) is 6.97. The molecule has 3 N–H and O–H groups in total. The summed E-state index contributed by atoms with van der Waals surface area (Å²) in [5, 5.41) is 12.9. The molecule has 0 aromatic rings. The van der Waals surface area contributed by atoms with Gasteiger partial charge >= 0.3 is 12.0 Å². The zero-order valence-corrected chi connectivity index (χ0v) is 9.17. The summed E-state index contributed by atoms with van der Waals surface area (Å²) in [5.74, 6) is -1.14.